The standard InChI is InChI=1S/C14H21NO2S/c1-11-5-4-6-12(9-11)14(10-15,7-8-18-3)13(16)17-2/h4-6,9H,7-8,10,15H2,1-3H3. The van der Waals surface area contributed by atoms with Crippen molar-refractivity contribution in [3.8, 4) is 0 Å². The normalized spacial score (nSPS) is 14.0. The van der Waals surface area contributed by atoms with Crippen LogP contribution >= 0.6 is 11.8 Å². The van der Waals surface area contributed by atoms with E-state index in [9.17, 15) is 4.79 Å². The number of thioether (sulfide) groups is 1. The van der Waals surface area contributed by atoms with Gasteiger partial charge in [-0.3, -0.25) is 4.79 Å². The summed E-state index contributed by atoms with van der Waals surface area (Å²) in [7, 11) is 1.42. The van der Waals surface area contributed by atoms with Crippen molar-refractivity contribution >= 4 is 17.7 Å². The SMILES string of the molecule is COC(=O)C(CN)(CCSC)c1cccc(C)c1. The van der Waals surface area contributed by atoms with Crippen molar-refractivity contribution in [2.24, 2.45) is 5.73 Å². The molecule has 1 rings (SSSR count). The van der Waals surface area contributed by atoms with Crippen molar-refractivity contribution in [2.45, 2.75) is 18.8 Å². The average Bonchev–Trinajstić information content (AvgIpc) is 2.39. The van der Waals surface area contributed by atoms with Crippen LogP contribution in [0.5, 0.6) is 0 Å². The maximum absolute atomic E-state index is 12.2. The van der Waals surface area contributed by atoms with E-state index in [0.717, 1.165) is 16.9 Å². The first-order valence-electron chi connectivity index (χ1n) is 5.95. The van der Waals surface area contributed by atoms with Gasteiger partial charge in [-0.25, -0.2) is 0 Å². The van der Waals surface area contributed by atoms with Crippen LogP contribution in [0.25, 0.3) is 0 Å². The molecule has 0 heterocycles. The molecule has 0 aromatic heterocycles. The van der Waals surface area contributed by atoms with Crippen LogP contribution < -0.4 is 5.73 Å². The second-order valence-corrected chi connectivity index (χ2v) is 5.38. The molecule has 0 saturated carbocycles. The molecule has 0 fully saturated rings. The summed E-state index contributed by atoms with van der Waals surface area (Å²) in [6.45, 7) is 2.28. The molecule has 0 saturated heterocycles. The van der Waals surface area contributed by atoms with Crippen molar-refractivity contribution in [2.75, 3.05) is 25.7 Å². The number of nitrogens with two attached hydrogens (primary N) is 1. The van der Waals surface area contributed by atoms with E-state index in [1.807, 2.05) is 37.4 Å². The van der Waals surface area contributed by atoms with Crippen molar-refractivity contribution in [3.63, 3.8) is 0 Å². The molecule has 0 spiro atoms. The van der Waals surface area contributed by atoms with Gasteiger partial charge in [0.15, 0.2) is 0 Å². The lowest BCUT2D eigenvalue weighted by Crippen LogP contribution is -2.44. The highest BCUT2D eigenvalue weighted by atomic mass is 32.2. The predicted molar refractivity (Wildman–Crippen MR) is 76.9 cm³/mol. The lowest BCUT2D eigenvalue weighted by Gasteiger charge is -2.30. The summed E-state index contributed by atoms with van der Waals surface area (Å²) in [6.07, 6.45) is 2.72. The molecule has 4 heteroatoms. The van der Waals surface area contributed by atoms with Crippen LogP contribution in [0, 0.1) is 6.92 Å². The van der Waals surface area contributed by atoms with Gasteiger partial charge in [0.2, 0.25) is 0 Å². The fraction of sp³-hybridized carbons (Fsp3) is 0.500. The van der Waals surface area contributed by atoms with E-state index < -0.39 is 5.41 Å². The second kappa shape index (κ2) is 6.81. The summed E-state index contributed by atoms with van der Waals surface area (Å²) in [4.78, 5) is 12.2. The molecule has 1 aromatic rings. The van der Waals surface area contributed by atoms with Crippen molar-refractivity contribution < 1.29 is 9.53 Å². The lowest BCUT2D eigenvalue weighted by molar-refractivity contribution is -0.147. The highest BCUT2D eigenvalue weighted by Crippen LogP contribution is 2.30. The monoisotopic (exact) mass is 267 g/mol. The number of methoxy groups -OCH3 is 1. The van der Waals surface area contributed by atoms with Gasteiger partial charge in [0.1, 0.15) is 5.41 Å². The topological polar surface area (TPSA) is 52.3 Å². The van der Waals surface area contributed by atoms with Gasteiger partial charge in [0.25, 0.3) is 0 Å². The number of ether oxygens (including phenoxy) is 1. The zero-order chi connectivity index (χ0) is 13.6. The van der Waals surface area contributed by atoms with Gasteiger partial charge in [-0.15, -0.1) is 0 Å². The number of aryl methyl sites for hydroxylation is 1. The highest BCUT2D eigenvalue weighted by molar-refractivity contribution is 7.98. The van der Waals surface area contributed by atoms with Gasteiger partial charge in [-0.2, -0.15) is 11.8 Å². The summed E-state index contributed by atoms with van der Waals surface area (Å²) < 4.78 is 4.97. The molecule has 1 unspecified atom stereocenters. The van der Waals surface area contributed by atoms with Crippen LogP contribution in [-0.4, -0.2) is 31.6 Å². The first-order valence-corrected chi connectivity index (χ1v) is 7.34. The largest absolute Gasteiger partial charge is 0.468 e. The van der Waals surface area contributed by atoms with Crippen LogP contribution in [0.4, 0.5) is 0 Å². The fourth-order valence-corrected chi connectivity index (χ4v) is 2.63. The maximum Gasteiger partial charge on any atom is 0.317 e. The van der Waals surface area contributed by atoms with Gasteiger partial charge in [0, 0.05) is 6.54 Å². The van der Waals surface area contributed by atoms with Crippen LogP contribution in [-0.2, 0) is 14.9 Å². The Morgan fingerprint density at radius 2 is 2.22 bits per heavy atom. The number of hydrogen-bond acceptors (Lipinski definition) is 4. The van der Waals surface area contributed by atoms with Gasteiger partial charge in [0.05, 0.1) is 7.11 Å². The number of carbonyl (C=O) groups excluding carboxylic acids is 1. The summed E-state index contributed by atoms with van der Waals surface area (Å²) in [5.41, 5.74) is 7.25. The molecule has 1 aromatic carbocycles. The van der Waals surface area contributed by atoms with Crippen molar-refractivity contribution in [1.82, 2.24) is 0 Å². The summed E-state index contributed by atoms with van der Waals surface area (Å²) >= 11 is 1.71. The Morgan fingerprint density at radius 3 is 2.72 bits per heavy atom. The van der Waals surface area contributed by atoms with Crippen molar-refractivity contribution in [3.05, 3.63) is 35.4 Å². The quantitative estimate of drug-likeness (QED) is 0.802. The second-order valence-electron chi connectivity index (χ2n) is 4.39. The fourth-order valence-electron chi connectivity index (χ4n) is 2.08. The van der Waals surface area contributed by atoms with Crippen LogP contribution in [0.3, 0.4) is 0 Å². The van der Waals surface area contributed by atoms with E-state index in [1.165, 1.54) is 7.11 Å². The molecule has 1 atom stereocenters. The van der Waals surface area contributed by atoms with Crippen LogP contribution in [0.15, 0.2) is 24.3 Å². The zero-order valence-electron chi connectivity index (χ0n) is 11.2. The molecule has 2 N–H and O–H groups in total. The number of carbonyl (C=O) groups is 1. The first-order chi connectivity index (χ1) is 8.60. The Balaban J connectivity index is 3.20. The molecule has 0 bridgehead atoms. The van der Waals surface area contributed by atoms with E-state index in [1.54, 1.807) is 11.8 Å². The molecule has 0 aliphatic heterocycles. The molecule has 3 nitrogen and oxygen atoms in total. The molecule has 0 aliphatic rings. The number of rotatable bonds is 6. The Labute approximate surface area is 113 Å². The predicted octanol–water partition coefficient (Wildman–Crippen LogP) is 2.12. The van der Waals surface area contributed by atoms with Crippen LogP contribution in [0.2, 0.25) is 0 Å². The Hall–Kier alpha value is -1.00. The minimum Gasteiger partial charge on any atom is -0.468 e. The number of esters is 1. The van der Waals surface area contributed by atoms with E-state index >= 15 is 0 Å². The van der Waals surface area contributed by atoms with Gasteiger partial charge in [-0.1, -0.05) is 29.8 Å². The lowest BCUT2D eigenvalue weighted by atomic mass is 9.77. The number of benzene rings is 1. The average molecular weight is 267 g/mol. The molecular formula is C14H21NO2S. The molecule has 0 amide bonds. The van der Waals surface area contributed by atoms with E-state index in [2.05, 4.69) is 0 Å². The zero-order valence-corrected chi connectivity index (χ0v) is 12.0. The van der Waals surface area contributed by atoms with E-state index in [4.69, 9.17) is 10.5 Å². The molecule has 0 aliphatic carbocycles. The first kappa shape index (κ1) is 15.1. The molecule has 100 valence electrons. The van der Waals surface area contributed by atoms with E-state index in [-0.39, 0.29) is 12.5 Å². The minimum absolute atomic E-state index is 0.246. The summed E-state index contributed by atoms with van der Waals surface area (Å²) in [6, 6.07) is 7.94. The molecule has 18 heavy (non-hydrogen) atoms. The number of hydrogen-bond donors (Lipinski definition) is 1. The minimum atomic E-state index is -0.718. The summed E-state index contributed by atoms with van der Waals surface area (Å²) in [5.74, 6) is 0.630. The molecular weight excluding hydrogens is 246 g/mol. The Morgan fingerprint density at radius 1 is 1.50 bits per heavy atom. The summed E-state index contributed by atoms with van der Waals surface area (Å²) in [5, 5.41) is 0. The van der Waals surface area contributed by atoms with Crippen LogP contribution in [0.1, 0.15) is 17.5 Å². The maximum atomic E-state index is 12.2. The Kier molecular flexibility index (Phi) is 5.69. The third kappa shape index (κ3) is 3.06. The van der Waals surface area contributed by atoms with Gasteiger partial charge >= 0.3 is 5.97 Å². The molecule has 0 radical (unpaired) electrons. The third-order valence-corrected chi connectivity index (χ3v) is 3.84. The van der Waals surface area contributed by atoms with Gasteiger partial charge < -0.3 is 10.5 Å². The highest BCUT2D eigenvalue weighted by Gasteiger charge is 2.39. The third-order valence-electron chi connectivity index (χ3n) is 3.23. The van der Waals surface area contributed by atoms with E-state index in [0.29, 0.717) is 6.42 Å². The van der Waals surface area contributed by atoms with Gasteiger partial charge in [-0.05, 0) is 30.9 Å². The smallest absolute Gasteiger partial charge is 0.317 e. The Bertz CT molecular complexity index is 409. The van der Waals surface area contributed by atoms with Crippen molar-refractivity contribution in [1.29, 1.82) is 0 Å².